The van der Waals surface area contributed by atoms with Gasteiger partial charge in [0.05, 0.1) is 11.3 Å². The highest BCUT2D eigenvalue weighted by Crippen LogP contribution is 2.37. The largest absolute Gasteiger partial charge is 0.479 e. The maximum Gasteiger partial charge on any atom is 0.339 e. The van der Waals surface area contributed by atoms with Crippen molar-refractivity contribution < 1.29 is 19.1 Å². The maximum atomic E-state index is 13.7. The summed E-state index contributed by atoms with van der Waals surface area (Å²) in [6.45, 7) is 9.09. The standard InChI is InChI=1S/C25H30N2O5S/c1-14-21(23(24(29)30)32-25(3,4)5)27(17-8-10-33-11-9-17)15(2)20(22(14)28)16-6-7-18-19(12-16)31-13-26-18/h6-7,12-13,17,23H,8-11H2,1-5H3,(H,29,30). The Balaban J connectivity index is 2.00. The van der Waals surface area contributed by atoms with Gasteiger partial charge in [0, 0.05) is 22.9 Å². The summed E-state index contributed by atoms with van der Waals surface area (Å²) in [4.78, 5) is 30.3. The monoisotopic (exact) mass is 470 g/mol. The molecule has 0 radical (unpaired) electrons. The number of nitrogens with zero attached hydrogens (tertiary/aromatic N) is 2. The number of pyridine rings is 1. The number of fused-ring (bicyclic) bond motifs is 1. The highest BCUT2D eigenvalue weighted by molar-refractivity contribution is 7.99. The predicted octanol–water partition coefficient (Wildman–Crippen LogP) is 5.28. The average molecular weight is 471 g/mol. The number of oxazole rings is 1. The molecule has 0 amide bonds. The lowest BCUT2D eigenvalue weighted by Gasteiger charge is -2.35. The summed E-state index contributed by atoms with van der Waals surface area (Å²) in [6.07, 6.45) is 1.96. The first kappa shape index (κ1) is 23.6. The summed E-state index contributed by atoms with van der Waals surface area (Å²) in [5.41, 5.74) is 3.35. The molecular weight excluding hydrogens is 440 g/mol. The Labute approximate surface area is 197 Å². The third-order valence-electron chi connectivity index (χ3n) is 6.05. The Morgan fingerprint density at radius 1 is 1.27 bits per heavy atom. The number of carboxylic acid groups (broad SMARTS) is 1. The predicted molar refractivity (Wildman–Crippen MR) is 130 cm³/mol. The lowest BCUT2D eigenvalue weighted by Crippen LogP contribution is -2.35. The minimum Gasteiger partial charge on any atom is -0.479 e. The van der Waals surface area contributed by atoms with Gasteiger partial charge in [-0.15, -0.1) is 0 Å². The zero-order valence-corrected chi connectivity index (χ0v) is 20.5. The van der Waals surface area contributed by atoms with Gasteiger partial charge >= 0.3 is 5.97 Å². The van der Waals surface area contributed by atoms with E-state index in [1.54, 1.807) is 6.92 Å². The lowest BCUT2D eigenvalue weighted by molar-refractivity contribution is -0.161. The number of rotatable bonds is 5. The Morgan fingerprint density at radius 3 is 2.61 bits per heavy atom. The zero-order chi connectivity index (χ0) is 23.9. The SMILES string of the molecule is Cc1c(C(OC(C)(C)C)C(=O)O)n(C2CCSCC2)c(C)c(-c2ccc3ncoc3c2)c1=O. The molecule has 0 bridgehead atoms. The minimum atomic E-state index is -1.24. The van der Waals surface area contributed by atoms with Gasteiger partial charge in [-0.2, -0.15) is 11.8 Å². The van der Waals surface area contributed by atoms with Crippen molar-refractivity contribution in [2.45, 2.75) is 65.2 Å². The Hall–Kier alpha value is -2.58. The second kappa shape index (κ2) is 8.99. The number of carboxylic acids is 1. The van der Waals surface area contributed by atoms with Crippen LogP contribution in [-0.4, -0.2) is 37.7 Å². The van der Waals surface area contributed by atoms with Gasteiger partial charge in [0.15, 0.2) is 23.5 Å². The van der Waals surface area contributed by atoms with Gasteiger partial charge in [0.25, 0.3) is 0 Å². The number of thioether (sulfide) groups is 1. The number of hydrogen-bond acceptors (Lipinski definition) is 6. The molecule has 1 atom stereocenters. The number of benzene rings is 1. The molecule has 0 saturated carbocycles. The molecular formula is C25H30N2O5S. The van der Waals surface area contributed by atoms with Gasteiger partial charge in [-0.1, -0.05) is 6.07 Å². The highest BCUT2D eigenvalue weighted by atomic mass is 32.2. The molecule has 1 fully saturated rings. The molecule has 1 aliphatic rings. The number of ether oxygens (including phenoxy) is 1. The molecule has 3 heterocycles. The molecule has 1 saturated heterocycles. The van der Waals surface area contributed by atoms with Gasteiger partial charge in [0.1, 0.15) is 5.52 Å². The van der Waals surface area contributed by atoms with Gasteiger partial charge in [-0.25, -0.2) is 9.78 Å². The number of aromatic nitrogens is 2. The van der Waals surface area contributed by atoms with E-state index in [4.69, 9.17) is 9.15 Å². The van der Waals surface area contributed by atoms with Crippen LogP contribution in [0, 0.1) is 13.8 Å². The summed E-state index contributed by atoms with van der Waals surface area (Å²) in [5, 5.41) is 10.1. The topological polar surface area (TPSA) is 94.6 Å². The van der Waals surface area contributed by atoms with Crippen LogP contribution >= 0.6 is 11.8 Å². The molecule has 1 unspecified atom stereocenters. The second-order valence-electron chi connectivity index (χ2n) is 9.50. The number of carbonyl (C=O) groups is 1. The highest BCUT2D eigenvalue weighted by Gasteiger charge is 2.35. The van der Waals surface area contributed by atoms with E-state index in [-0.39, 0.29) is 11.5 Å². The van der Waals surface area contributed by atoms with Crippen molar-refractivity contribution in [1.82, 2.24) is 9.55 Å². The molecule has 2 aromatic heterocycles. The minimum absolute atomic E-state index is 0.0960. The fraction of sp³-hybridized carbons (Fsp3) is 0.480. The molecule has 8 heteroatoms. The van der Waals surface area contributed by atoms with Gasteiger partial charge in [-0.05, 0) is 76.7 Å². The molecule has 7 nitrogen and oxygen atoms in total. The van der Waals surface area contributed by atoms with Gasteiger partial charge in [-0.3, -0.25) is 4.79 Å². The summed E-state index contributed by atoms with van der Waals surface area (Å²) >= 11 is 1.90. The van der Waals surface area contributed by atoms with E-state index in [1.165, 1.54) is 6.39 Å². The van der Waals surface area contributed by atoms with Crippen molar-refractivity contribution in [2.75, 3.05) is 11.5 Å². The molecule has 33 heavy (non-hydrogen) atoms. The molecule has 0 aliphatic carbocycles. The molecule has 1 aliphatic heterocycles. The van der Waals surface area contributed by atoms with Crippen molar-refractivity contribution in [1.29, 1.82) is 0 Å². The van der Waals surface area contributed by atoms with E-state index in [2.05, 4.69) is 9.55 Å². The Bertz CT molecular complexity index is 1250. The van der Waals surface area contributed by atoms with Crippen molar-refractivity contribution in [3.8, 4) is 11.1 Å². The molecule has 1 aromatic carbocycles. The van der Waals surface area contributed by atoms with Gasteiger partial charge in [0.2, 0.25) is 0 Å². The summed E-state index contributed by atoms with van der Waals surface area (Å²) in [6, 6.07) is 5.63. The molecule has 3 aromatic rings. The molecule has 176 valence electrons. The van der Waals surface area contributed by atoms with Crippen LogP contribution in [0.25, 0.3) is 22.2 Å². The zero-order valence-electron chi connectivity index (χ0n) is 19.7. The first-order valence-electron chi connectivity index (χ1n) is 11.2. The quantitative estimate of drug-likeness (QED) is 0.542. The maximum absolute atomic E-state index is 13.7. The van der Waals surface area contributed by atoms with Crippen molar-refractivity contribution >= 4 is 28.8 Å². The third-order valence-corrected chi connectivity index (χ3v) is 7.10. The smallest absolute Gasteiger partial charge is 0.339 e. The fourth-order valence-corrected chi connectivity index (χ4v) is 5.70. The van der Waals surface area contributed by atoms with Crippen LogP contribution in [0.1, 0.15) is 62.7 Å². The molecule has 4 rings (SSSR count). The second-order valence-corrected chi connectivity index (χ2v) is 10.7. The van der Waals surface area contributed by atoms with Crippen LogP contribution in [0.2, 0.25) is 0 Å². The van der Waals surface area contributed by atoms with Crippen molar-refractivity contribution in [3.63, 3.8) is 0 Å². The van der Waals surface area contributed by atoms with Crippen LogP contribution < -0.4 is 5.43 Å². The number of hydrogen-bond donors (Lipinski definition) is 1. The third kappa shape index (κ3) is 4.59. The van der Waals surface area contributed by atoms with E-state index < -0.39 is 17.7 Å². The Morgan fingerprint density at radius 2 is 1.97 bits per heavy atom. The summed E-state index contributed by atoms with van der Waals surface area (Å²) < 4.78 is 13.5. The van der Waals surface area contributed by atoms with E-state index in [0.717, 1.165) is 41.1 Å². The Kier molecular flexibility index (Phi) is 6.42. The van der Waals surface area contributed by atoms with Crippen LogP contribution in [0.15, 0.2) is 33.8 Å². The fourth-order valence-electron chi connectivity index (χ4n) is 4.61. The van der Waals surface area contributed by atoms with Crippen LogP contribution in [-0.2, 0) is 9.53 Å². The average Bonchev–Trinajstić information content (AvgIpc) is 3.22. The van der Waals surface area contributed by atoms with Crippen LogP contribution in [0.5, 0.6) is 0 Å². The van der Waals surface area contributed by atoms with Gasteiger partial charge < -0.3 is 18.8 Å². The first-order chi connectivity index (χ1) is 15.6. The number of aliphatic carboxylic acids is 1. The van der Waals surface area contributed by atoms with E-state index in [9.17, 15) is 14.7 Å². The van der Waals surface area contributed by atoms with Crippen LogP contribution in [0.3, 0.4) is 0 Å². The van der Waals surface area contributed by atoms with E-state index in [0.29, 0.717) is 22.4 Å². The summed E-state index contributed by atoms with van der Waals surface area (Å²) in [5.74, 6) is 0.888. The normalized spacial score (nSPS) is 16.3. The molecule has 1 N–H and O–H groups in total. The van der Waals surface area contributed by atoms with Crippen molar-refractivity contribution in [2.24, 2.45) is 0 Å². The van der Waals surface area contributed by atoms with Crippen molar-refractivity contribution in [3.05, 3.63) is 51.8 Å². The molecule has 0 spiro atoms. The summed E-state index contributed by atoms with van der Waals surface area (Å²) in [7, 11) is 0. The van der Waals surface area contributed by atoms with Crippen LogP contribution in [0.4, 0.5) is 0 Å². The van der Waals surface area contributed by atoms with E-state index in [1.807, 2.05) is 57.7 Å². The van der Waals surface area contributed by atoms with E-state index >= 15 is 0 Å². The lowest BCUT2D eigenvalue weighted by atomic mass is 9.95. The first-order valence-corrected chi connectivity index (χ1v) is 12.3.